The number of hydrogen-bond donors (Lipinski definition) is 4. The predicted molar refractivity (Wildman–Crippen MR) is 67.2 cm³/mol. The molecular weight excluding hydrogens is 236 g/mol. The smallest absolute Gasteiger partial charge is 0.239 e. The normalized spacial score (nSPS) is 13.8. The van der Waals surface area contributed by atoms with Gasteiger partial charge in [-0.2, -0.15) is 0 Å². The molecule has 6 N–H and O–H groups in total. The lowest BCUT2D eigenvalue weighted by Crippen LogP contribution is -2.48. The van der Waals surface area contributed by atoms with Crippen LogP contribution < -0.4 is 22.1 Å². The van der Waals surface area contributed by atoms with E-state index in [1.807, 2.05) is 13.8 Å². The number of carbonyl (C=O) groups is 3. The highest BCUT2D eigenvalue weighted by molar-refractivity contribution is 5.87. The fourth-order valence-electron chi connectivity index (χ4n) is 1.27. The maximum atomic E-state index is 11.5. The Balaban J connectivity index is 3.97. The molecule has 0 bridgehead atoms. The second kappa shape index (κ2) is 7.65. The quantitative estimate of drug-likeness (QED) is 0.441. The molecule has 2 atom stereocenters. The standard InChI is InChI=1S/C11H22N4O3/c1-6(2)10(13)11(18)14-5-9(17)15-7(3)4-8(12)16/h6-7,10H,4-5,13H2,1-3H3,(H2,12,16)(H,14,18)(H,15,17)/t7?,10-/m0/s1. The average Bonchev–Trinajstić information content (AvgIpc) is 2.23. The summed E-state index contributed by atoms with van der Waals surface area (Å²) in [7, 11) is 0. The van der Waals surface area contributed by atoms with E-state index < -0.39 is 11.9 Å². The number of hydrogen-bond acceptors (Lipinski definition) is 4. The van der Waals surface area contributed by atoms with Gasteiger partial charge in [0, 0.05) is 12.5 Å². The molecule has 104 valence electrons. The third-order valence-electron chi connectivity index (χ3n) is 2.36. The van der Waals surface area contributed by atoms with E-state index >= 15 is 0 Å². The van der Waals surface area contributed by atoms with Crippen molar-refractivity contribution in [3.63, 3.8) is 0 Å². The van der Waals surface area contributed by atoms with Crippen LogP contribution in [0.5, 0.6) is 0 Å². The summed E-state index contributed by atoms with van der Waals surface area (Å²) in [5.74, 6) is -1.24. The minimum atomic E-state index is -0.638. The predicted octanol–water partition coefficient (Wildman–Crippen LogP) is -1.53. The van der Waals surface area contributed by atoms with Crippen LogP contribution in [0.15, 0.2) is 0 Å². The number of rotatable bonds is 7. The van der Waals surface area contributed by atoms with Gasteiger partial charge in [-0.25, -0.2) is 0 Å². The Hall–Kier alpha value is -1.63. The molecule has 0 radical (unpaired) electrons. The van der Waals surface area contributed by atoms with Crippen molar-refractivity contribution >= 4 is 17.7 Å². The first-order chi connectivity index (χ1) is 8.23. The fourth-order valence-corrected chi connectivity index (χ4v) is 1.27. The lowest BCUT2D eigenvalue weighted by atomic mass is 10.1. The number of nitrogens with two attached hydrogens (primary N) is 2. The fraction of sp³-hybridized carbons (Fsp3) is 0.727. The van der Waals surface area contributed by atoms with E-state index in [1.165, 1.54) is 0 Å². The summed E-state index contributed by atoms with van der Waals surface area (Å²) >= 11 is 0. The van der Waals surface area contributed by atoms with E-state index in [9.17, 15) is 14.4 Å². The molecule has 0 rings (SSSR count). The van der Waals surface area contributed by atoms with Crippen LogP contribution >= 0.6 is 0 Å². The van der Waals surface area contributed by atoms with Gasteiger partial charge in [0.15, 0.2) is 0 Å². The molecule has 7 nitrogen and oxygen atoms in total. The van der Waals surface area contributed by atoms with Crippen LogP contribution in [0.25, 0.3) is 0 Å². The molecule has 3 amide bonds. The van der Waals surface area contributed by atoms with Crippen LogP contribution in [-0.2, 0) is 14.4 Å². The molecule has 0 aromatic rings. The van der Waals surface area contributed by atoms with Crippen molar-refractivity contribution in [3.05, 3.63) is 0 Å². The van der Waals surface area contributed by atoms with E-state index in [4.69, 9.17) is 11.5 Å². The SMILES string of the molecule is CC(CC(N)=O)NC(=O)CNC(=O)[C@@H](N)C(C)C. The Morgan fingerprint density at radius 1 is 1.17 bits per heavy atom. The van der Waals surface area contributed by atoms with Crippen LogP contribution in [0, 0.1) is 5.92 Å². The van der Waals surface area contributed by atoms with Crippen molar-refractivity contribution in [1.29, 1.82) is 0 Å². The molecule has 0 aliphatic carbocycles. The molecule has 0 aliphatic heterocycles. The molecule has 0 spiro atoms. The molecule has 0 saturated carbocycles. The van der Waals surface area contributed by atoms with Gasteiger partial charge in [-0.3, -0.25) is 14.4 Å². The minimum absolute atomic E-state index is 0.00171. The van der Waals surface area contributed by atoms with Crippen molar-refractivity contribution in [2.24, 2.45) is 17.4 Å². The van der Waals surface area contributed by atoms with Gasteiger partial charge in [0.25, 0.3) is 0 Å². The summed E-state index contributed by atoms with van der Waals surface area (Å²) in [6, 6.07) is -0.994. The number of carbonyl (C=O) groups excluding carboxylic acids is 3. The Bertz CT molecular complexity index is 317. The van der Waals surface area contributed by atoms with E-state index in [0.717, 1.165) is 0 Å². The summed E-state index contributed by atoms with van der Waals surface area (Å²) in [4.78, 5) is 33.5. The highest BCUT2D eigenvalue weighted by atomic mass is 16.2. The Morgan fingerprint density at radius 3 is 2.17 bits per heavy atom. The van der Waals surface area contributed by atoms with Gasteiger partial charge in [0.2, 0.25) is 17.7 Å². The lowest BCUT2D eigenvalue weighted by Gasteiger charge is -2.16. The highest BCUT2D eigenvalue weighted by Gasteiger charge is 2.18. The molecule has 7 heteroatoms. The Labute approximate surface area is 107 Å². The molecule has 0 aliphatic rings. The average molecular weight is 258 g/mol. The molecule has 0 heterocycles. The Morgan fingerprint density at radius 2 is 1.72 bits per heavy atom. The summed E-state index contributed by atoms with van der Waals surface area (Å²) in [6.45, 7) is 5.13. The third-order valence-corrected chi connectivity index (χ3v) is 2.36. The maximum absolute atomic E-state index is 11.5. The van der Waals surface area contributed by atoms with Crippen LogP contribution in [0.3, 0.4) is 0 Å². The largest absolute Gasteiger partial charge is 0.370 e. The van der Waals surface area contributed by atoms with Gasteiger partial charge in [-0.05, 0) is 12.8 Å². The lowest BCUT2D eigenvalue weighted by molar-refractivity contribution is -0.128. The van der Waals surface area contributed by atoms with Gasteiger partial charge in [0.1, 0.15) is 0 Å². The highest BCUT2D eigenvalue weighted by Crippen LogP contribution is 1.97. The first-order valence-electron chi connectivity index (χ1n) is 5.85. The van der Waals surface area contributed by atoms with Crippen molar-refractivity contribution in [2.75, 3.05) is 6.54 Å². The first kappa shape index (κ1) is 16.4. The second-order valence-corrected chi connectivity index (χ2v) is 4.63. The number of nitrogens with one attached hydrogen (secondary N) is 2. The number of amides is 3. The maximum Gasteiger partial charge on any atom is 0.239 e. The van der Waals surface area contributed by atoms with Crippen molar-refractivity contribution in [3.8, 4) is 0 Å². The minimum Gasteiger partial charge on any atom is -0.370 e. The molecule has 0 fully saturated rings. The van der Waals surface area contributed by atoms with E-state index in [1.54, 1.807) is 6.92 Å². The van der Waals surface area contributed by atoms with Gasteiger partial charge < -0.3 is 22.1 Å². The zero-order chi connectivity index (χ0) is 14.3. The van der Waals surface area contributed by atoms with E-state index in [-0.39, 0.29) is 36.7 Å². The van der Waals surface area contributed by atoms with Gasteiger partial charge >= 0.3 is 0 Å². The summed E-state index contributed by atoms with van der Waals surface area (Å²) in [5.41, 5.74) is 10.6. The molecule has 0 saturated heterocycles. The molecular formula is C11H22N4O3. The molecule has 1 unspecified atom stereocenters. The van der Waals surface area contributed by atoms with Gasteiger partial charge in [-0.1, -0.05) is 13.8 Å². The molecule has 18 heavy (non-hydrogen) atoms. The van der Waals surface area contributed by atoms with Crippen LogP contribution in [0.1, 0.15) is 27.2 Å². The van der Waals surface area contributed by atoms with Crippen LogP contribution in [0.4, 0.5) is 0 Å². The molecule has 0 aromatic carbocycles. The second-order valence-electron chi connectivity index (χ2n) is 4.63. The van der Waals surface area contributed by atoms with Gasteiger partial charge in [-0.15, -0.1) is 0 Å². The zero-order valence-electron chi connectivity index (χ0n) is 11.0. The van der Waals surface area contributed by atoms with E-state index in [0.29, 0.717) is 0 Å². The van der Waals surface area contributed by atoms with Crippen molar-refractivity contribution in [2.45, 2.75) is 39.3 Å². The third kappa shape index (κ3) is 6.85. The van der Waals surface area contributed by atoms with Crippen molar-refractivity contribution in [1.82, 2.24) is 10.6 Å². The molecule has 0 aromatic heterocycles. The zero-order valence-corrected chi connectivity index (χ0v) is 11.0. The first-order valence-corrected chi connectivity index (χ1v) is 5.85. The van der Waals surface area contributed by atoms with E-state index in [2.05, 4.69) is 10.6 Å². The number of primary amides is 1. The Kier molecular flexibility index (Phi) is 6.96. The topological polar surface area (TPSA) is 127 Å². The van der Waals surface area contributed by atoms with Crippen molar-refractivity contribution < 1.29 is 14.4 Å². The summed E-state index contributed by atoms with van der Waals surface area (Å²) in [5, 5.41) is 4.97. The monoisotopic (exact) mass is 258 g/mol. The van der Waals surface area contributed by atoms with Crippen LogP contribution in [-0.4, -0.2) is 36.3 Å². The van der Waals surface area contributed by atoms with Gasteiger partial charge in [0.05, 0.1) is 12.6 Å². The van der Waals surface area contributed by atoms with Crippen LogP contribution in [0.2, 0.25) is 0 Å². The summed E-state index contributed by atoms with van der Waals surface area (Å²) in [6.07, 6.45) is 0.0607. The summed E-state index contributed by atoms with van der Waals surface area (Å²) < 4.78 is 0.